The Balaban J connectivity index is 1.34. The molecule has 0 radical (unpaired) electrons. The standard InChI is InChI=1S/C28H28ClFN2O3S/c1-18-14-22(8-9-24(18)29)35-17-25-23-11-13-36-26(23)10-12-32(25)27(33)16-31(15-19-2-3-19)28(34)20-4-6-21(30)7-5-20/h4-9,11,13-14,19,25H,2-3,10,12,15-17H2,1H3. The van der Waals surface area contributed by atoms with Crippen molar-refractivity contribution in [2.45, 2.75) is 32.2 Å². The molecule has 0 spiro atoms. The van der Waals surface area contributed by atoms with Crippen molar-refractivity contribution in [1.82, 2.24) is 9.80 Å². The second kappa shape index (κ2) is 10.6. The molecule has 5 rings (SSSR count). The largest absolute Gasteiger partial charge is 0.491 e. The van der Waals surface area contributed by atoms with E-state index in [0.29, 0.717) is 41.9 Å². The fraction of sp³-hybridized carbons (Fsp3) is 0.357. The molecule has 3 aromatic rings. The Bertz CT molecular complexity index is 1260. The number of nitrogens with zero attached hydrogens (tertiary/aromatic N) is 2. The predicted octanol–water partition coefficient (Wildman–Crippen LogP) is 5.91. The van der Waals surface area contributed by atoms with Gasteiger partial charge in [-0.15, -0.1) is 11.3 Å². The highest BCUT2D eigenvalue weighted by Gasteiger charge is 2.35. The van der Waals surface area contributed by atoms with Gasteiger partial charge < -0.3 is 14.5 Å². The number of hydrogen-bond acceptors (Lipinski definition) is 4. The minimum atomic E-state index is -0.394. The Morgan fingerprint density at radius 1 is 1.17 bits per heavy atom. The maximum absolute atomic E-state index is 13.7. The van der Waals surface area contributed by atoms with Gasteiger partial charge in [-0.25, -0.2) is 4.39 Å². The second-order valence-electron chi connectivity index (χ2n) is 9.51. The monoisotopic (exact) mass is 526 g/mol. The highest BCUT2D eigenvalue weighted by atomic mass is 35.5. The van der Waals surface area contributed by atoms with Crippen molar-refractivity contribution < 1.29 is 18.7 Å². The van der Waals surface area contributed by atoms with Gasteiger partial charge in [0.25, 0.3) is 5.91 Å². The Hall–Kier alpha value is -2.90. The van der Waals surface area contributed by atoms with Crippen LogP contribution in [0.4, 0.5) is 4.39 Å². The zero-order valence-electron chi connectivity index (χ0n) is 20.1. The van der Waals surface area contributed by atoms with Gasteiger partial charge in [0, 0.05) is 28.6 Å². The summed E-state index contributed by atoms with van der Waals surface area (Å²) in [6.45, 7) is 3.33. The normalized spacial score (nSPS) is 17.0. The quantitative estimate of drug-likeness (QED) is 0.367. The number of amides is 2. The van der Waals surface area contributed by atoms with E-state index in [-0.39, 0.29) is 24.4 Å². The molecule has 1 aromatic heterocycles. The van der Waals surface area contributed by atoms with Crippen molar-refractivity contribution in [2.75, 3.05) is 26.2 Å². The molecule has 2 aliphatic rings. The average molecular weight is 527 g/mol. The van der Waals surface area contributed by atoms with Gasteiger partial charge in [-0.2, -0.15) is 0 Å². The fourth-order valence-electron chi connectivity index (χ4n) is 4.62. The number of aryl methyl sites for hydroxylation is 1. The first-order valence-corrected chi connectivity index (χ1v) is 13.4. The summed E-state index contributed by atoms with van der Waals surface area (Å²) in [7, 11) is 0. The van der Waals surface area contributed by atoms with E-state index >= 15 is 0 Å². The summed E-state index contributed by atoms with van der Waals surface area (Å²) >= 11 is 7.85. The summed E-state index contributed by atoms with van der Waals surface area (Å²) in [5.41, 5.74) is 2.42. The molecule has 0 N–H and O–H groups in total. The minimum Gasteiger partial charge on any atom is -0.491 e. The molecule has 1 aliphatic carbocycles. The Kier molecular flexibility index (Phi) is 7.30. The van der Waals surface area contributed by atoms with Crippen molar-refractivity contribution >= 4 is 34.8 Å². The van der Waals surface area contributed by atoms with E-state index in [0.717, 1.165) is 30.4 Å². The maximum Gasteiger partial charge on any atom is 0.254 e. The molecule has 1 aliphatic heterocycles. The maximum atomic E-state index is 13.7. The lowest BCUT2D eigenvalue weighted by molar-refractivity contribution is -0.135. The summed E-state index contributed by atoms with van der Waals surface area (Å²) in [6, 6.07) is 12.9. The highest BCUT2D eigenvalue weighted by molar-refractivity contribution is 7.10. The molecule has 0 saturated heterocycles. The third-order valence-corrected chi connectivity index (χ3v) is 8.25. The first-order valence-electron chi connectivity index (χ1n) is 12.2. The van der Waals surface area contributed by atoms with Gasteiger partial charge in [-0.1, -0.05) is 11.6 Å². The number of benzene rings is 2. The molecule has 1 atom stereocenters. The third-order valence-electron chi connectivity index (χ3n) is 6.83. The summed E-state index contributed by atoms with van der Waals surface area (Å²) < 4.78 is 19.5. The lowest BCUT2D eigenvalue weighted by Gasteiger charge is -2.37. The molecule has 188 valence electrons. The van der Waals surface area contributed by atoms with Crippen molar-refractivity contribution in [1.29, 1.82) is 0 Å². The lowest BCUT2D eigenvalue weighted by atomic mass is 10.00. The van der Waals surface area contributed by atoms with E-state index in [2.05, 4.69) is 11.4 Å². The van der Waals surface area contributed by atoms with Crippen LogP contribution in [0.5, 0.6) is 5.75 Å². The number of rotatable bonds is 8. The van der Waals surface area contributed by atoms with Gasteiger partial charge in [0.2, 0.25) is 5.91 Å². The van der Waals surface area contributed by atoms with Gasteiger partial charge in [-0.05, 0) is 97.1 Å². The van der Waals surface area contributed by atoms with E-state index in [1.54, 1.807) is 16.2 Å². The number of fused-ring (bicyclic) bond motifs is 1. The summed E-state index contributed by atoms with van der Waals surface area (Å²) in [6.07, 6.45) is 2.89. The number of ether oxygens (including phenoxy) is 1. The molecular formula is C28H28ClFN2O3S. The molecule has 1 fully saturated rings. The van der Waals surface area contributed by atoms with Crippen LogP contribution in [-0.2, 0) is 11.2 Å². The summed E-state index contributed by atoms with van der Waals surface area (Å²) in [4.78, 5) is 31.6. The van der Waals surface area contributed by atoms with Crippen LogP contribution in [0, 0.1) is 18.7 Å². The number of thiophene rings is 1. The van der Waals surface area contributed by atoms with Gasteiger partial charge >= 0.3 is 0 Å². The molecule has 2 amide bonds. The lowest BCUT2D eigenvalue weighted by Crippen LogP contribution is -2.48. The number of hydrogen-bond donors (Lipinski definition) is 0. The smallest absolute Gasteiger partial charge is 0.254 e. The second-order valence-corrected chi connectivity index (χ2v) is 10.9. The van der Waals surface area contributed by atoms with E-state index in [4.69, 9.17) is 16.3 Å². The van der Waals surface area contributed by atoms with Crippen LogP contribution in [0.25, 0.3) is 0 Å². The van der Waals surface area contributed by atoms with Crippen molar-refractivity contribution in [3.05, 3.63) is 86.3 Å². The number of carbonyl (C=O) groups excluding carboxylic acids is 2. The molecule has 0 bridgehead atoms. The van der Waals surface area contributed by atoms with Crippen LogP contribution in [0.15, 0.2) is 53.9 Å². The van der Waals surface area contributed by atoms with Crippen LogP contribution in [0.3, 0.4) is 0 Å². The van der Waals surface area contributed by atoms with Crippen molar-refractivity contribution in [2.24, 2.45) is 5.92 Å². The van der Waals surface area contributed by atoms with Crippen LogP contribution in [0.1, 0.15) is 45.2 Å². The molecule has 36 heavy (non-hydrogen) atoms. The zero-order valence-corrected chi connectivity index (χ0v) is 21.7. The van der Waals surface area contributed by atoms with Gasteiger partial charge in [-0.3, -0.25) is 9.59 Å². The van der Waals surface area contributed by atoms with Gasteiger partial charge in [0.05, 0.1) is 6.04 Å². The SMILES string of the molecule is Cc1cc(OCC2c3ccsc3CCN2C(=O)CN(CC2CC2)C(=O)c2ccc(F)cc2)ccc1Cl. The third kappa shape index (κ3) is 5.57. The van der Waals surface area contributed by atoms with E-state index in [9.17, 15) is 14.0 Å². The first-order chi connectivity index (χ1) is 17.4. The topological polar surface area (TPSA) is 49.9 Å². The van der Waals surface area contributed by atoms with E-state index in [1.807, 2.05) is 30.0 Å². The van der Waals surface area contributed by atoms with Crippen LogP contribution >= 0.6 is 22.9 Å². The fourth-order valence-corrected chi connectivity index (χ4v) is 5.66. The summed E-state index contributed by atoms with van der Waals surface area (Å²) in [5, 5.41) is 2.73. The number of halogens is 2. The van der Waals surface area contributed by atoms with Gasteiger partial charge in [0.15, 0.2) is 0 Å². The average Bonchev–Trinajstić information content (AvgIpc) is 3.56. The Morgan fingerprint density at radius 3 is 2.67 bits per heavy atom. The number of carbonyl (C=O) groups is 2. The molecular weight excluding hydrogens is 499 g/mol. The molecule has 1 saturated carbocycles. The molecule has 8 heteroatoms. The molecule has 5 nitrogen and oxygen atoms in total. The van der Waals surface area contributed by atoms with E-state index in [1.165, 1.54) is 29.1 Å². The minimum absolute atomic E-state index is 0.0112. The summed E-state index contributed by atoms with van der Waals surface area (Å²) in [5.74, 6) is 0.375. The first kappa shape index (κ1) is 24.8. The Morgan fingerprint density at radius 2 is 1.94 bits per heavy atom. The van der Waals surface area contributed by atoms with Gasteiger partial charge in [0.1, 0.15) is 24.7 Å². The van der Waals surface area contributed by atoms with E-state index < -0.39 is 5.82 Å². The predicted molar refractivity (Wildman–Crippen MR) is 139 cm³/mol. The van der Waals surface area contributed by atoms with Crippen LogP contribution in [0.2, 0.25) is 5.02 Å². The molecule has 2 aromatic carbocycles. The highest BCUT2D eigenvalue weighted by Crippen LogP contribution is 2.35. The van der Waals surface area contributed by atoms with Crippen LogP contribution in [-0.4, -0.2) is 47.9 Å². The van der Waals surface area contributed by atoms with Crippen LogP contribution < -0.4 is 4.74 Å². The van der Waals surface area contributed by atoms with Crippen molar-refractivity contribution in [3.8, 4) is 5.75 Å². The molecule has 1 unspecified atom stereocenters. The zero-order chi connectivity index (χ0) is 25.2. The van der Waals surface area contributed by atoms with Crippen molar-refractivity contribution in [3.63, 3.8) is 0 Å². The molecule has 2 heterocycles. The Labute approximate surface area is 219 Å².